The predicted octanol–water partition coefficient (Wildman–Crippen LogP) is -13.7. The van der Waals surface area contributed by atoms with Crippen LogP contribution in [0.4, 0.5) is 0 Å². The zero-order valence-electron chi connectivity index (χ0n) is 37.0. The van der Waals surface area contributed by atoms with Crippen molar-refractivity contribution in [2.24, 2.45) is 0 Å². The van der Waals surface area contributed by atoms with Gasteiger partial charge in [-0.1, -0.05) is 0 Å². The van der Waals surface area contributed by atoms with Crippen LogP contribution in [0.1, 0.15) is 6.92 Å². The molecule has 0 saturated carbocycles. The first-order valence-corrected chi connectivity index (χ1v) is 21.9. The molecule has 22 aliphatic rings. The summed E-state index contributed by atoms with van der Waals surface area (Å²) in [7, 11) is 0. The Morgan fingerprint density at radius 1 is 0.271 bits per heavy atom. The minimum atomic E-state index is -2.15. The maximum atomic E-state index is 11.2. The van der Waals surface area contributed by atoms with E-state index in [1.165, 1.54) is 6.92 Å². The quantitative estimate of drug-likeness (QED) is 0.110. The molecule has 32 nitrogen and oxygen atoms in total. The molecule has 410 valence electrons. The first kappa shape index (κ1) is 59.3. The second-order valence-electron chi connectivity index (χ2n) is 17.1. The molecule has 22 heterocycles. The summed E-state index contributed by atoms with van der Waals surface area (Å²) in [6, 6.07) is 0. The molecule has 20 N–H and O–H groups in total. The summed E-state index contributed by atoms with van der Waals surface area (Å²) in [6.45, 7) is -4.55. The monoisotopic (exact) mass is 1030 g/mol. The Morgan fingerprint density at radius 3 is 0.486 bits per heavy atom. The van der Waals surface area contributed by atoms with Gasteiger partial charge < -0.3 is 159 Å². The molecule has 0 aromatic rings. The highest BCUT2D eigenvalue weighted by Gasteiger charge is 2.58. The summed E-state index contributed by atoms with van der Waals surface area (Å²) >= 11 is 0. The highest BCUT2D eigenvalue weighted by Crippen LogP contribution is 2.38. The van der Waals surface area contributed by atoms with Gasteiger partial charge in [0.25, 0.3) is 0 Å². The fourth-order valence-corrected chi connectivity index (χ4v) is 8.93. The average molecular weight is 1030 g/mol. The number of rotatable bonds is 6. The van der Waals surface area contributed by atoms with E-state index in [0.717, 1.165) is 6.29 Å². The third kappa shape index (κ3) is 11.9. The SMILES string of the molecule is CC=O.O.OCC1OC2OC3C(CO)OC(OC4C(CO)OC(OC5C(CO)OC(OC6C(CO)OC(OC7C(CO)OC(OC1C(O)C2O)C(O)C7O)C(O)C6O)C(O)C5O)C(O)C4O)C(O)C3O. The van der Waals surface area contributed by atoms with Gasteiger partial charge in [0.1, 0.15) is 153 Å². The van der Waals surface area contributed by atoms with E-state index in [4.69, 9.17) is 61.6 Å². The minimum absolute atomic E-state index is 0. The molecule has 0 aliphatic carbocycles. The number of carbonyl (C=O) groups is 1. The summed E-state index contributed by atoms with van der Waals surface area (Å²) in [6.07, 6.45) is -57.7. The molecule has 22 fully saturated rings. The molecule has 12 bridgehead atoms. The zero-order valence-corrected chi connectivity index (χ0v) is 37.0. The van der Waals surface area contributed by atoms with Gasteiger partial charge in [-0.2, -0.15) is 0 Å². The molecule has 22 aliphatic heterocycles. The first-order valence-electron chi connectivity index (χ1n) is 21.9. The third-order valence-electron chi connectivity index (χ3n) is 12.7. The van der Waals surface area contributed by atoms with Crippen LogP contribution >= 0.6 is 0 Å². The fourth-order valence-electron chi connectivity index (χ4n) is 8.93. The Balaban J connectivity index is 0.00000222. The minimum Gasteiger partial charge on any atom is -0.412 e. The summed E-state index contributed by atoms with van der Waals surface area (Å²) in [5, 5.41) is 196. The Labute approximate surface area is 396 Å². The van der Waals surface area contributed by atoms with Gasteiger partial charge in [-0.15, -0.1) is 0 Å². The molecule has 32 heteroatoms. The van der Waals surface area contributed by atoms with Gasteiger partial charge in [-0.25, -0.2) is 0 Å². The molecule has 30 atom stereocenters. The molecule has 0 aromatic heterocycles. The van der Waals surface area contributed by atoms with E-state index < -0.39 is 224 Å². The maximum Gasteiger partial charge on any atom is 0.187 e. The first-order chi connectivity index (χ1) is 32.8. The number of ether oxygens (including phenoxy) is 12. The lowest BCUT2D eigenvalue weighted by Gasteiger charge is -2.50. The van der Waals surface area contributed by atoms with E-state index in [9.17, 15) is 91.9 Å². The number of aldehydes is 1. The Bertz CT molecular complexity index is 1280. The van der Waals surface area contributed by atoms with Crippen molar-refractivity contribution in [2.45, 2.75) is 191 Å². The lowest BCUT2D eigenvalue weighted by Crippen LogP contribution is -2.69. The van der Waals surface area contributed by atoms with Crippen LogP contribution in [-0.4, -0.2) is 328 Å². The largest absolute Gasteiger partial charge is 0.412 e. The molecule has 22 rings (SSSR count). The van der Waals surface area contributed by atoms with Gasteiger partial charge in [0.15, 0.2) is 37.7 Å². The van der Waals surface area contributed by atoms with Crippen molar-refractivity contribution in [3.63, 3.8) is 0 Å². The van der Waals surface area contributed by atoms with E-state index in [0.29, 0.717) is 0 Å². The summed E-state index contributed by atoms with van der Waals surface area (Å²) < 4.78 is 67.9. The highest BCUT2D eigenvalue weighted by atomic mass is 16.8. The third-order valence-corrected chi connectivity index (χ3v) is 12.7. The van der Waals surface area contributed by atoms with Crippen LogP contribution in [0.2, 0.25) is 0 Å². The summed E-state index contributed by atoms with van der Waals surface area (Å²) in [4.78, 5) is 8.81. The average Bonchev–Trinajstić information content (AvgIpc) is 3.34. The van der Waals surface area contributed by atoms with Crippen molar-refractivity contribution < 1.29 is 159 Å². The molecule has 0 spiro atoms. The van der Waals surface area contributed by atoms with Crippen LogP contribution in [0.3, 0.4) is 0 Å². The number of carbonyl (C=O) groups excluding carboxylic acids is 1. The van der Waals surface area contributed by atoms with Crippen LogP contribution in [-0.2, 0) is 61.6 Å². The van der Waals surface area contributed by atoms with Crippen molar-refractivity contribution in [2.75, 3.05) is 39.6 Å². The number of aliphatic hydroxyl groups excluding tert-OH is 18. The molecule has 0 amide bonds. The van der Waals surface area contributed by atoms with Gasteiger partial charge in [0.2, 0.25) is 0 Å². The van der Waals surface area contributed by atoms with E-state index in [-0.39, 0.29) is 5.48 Å². The van der Waals surface area contributed by atoms with Crippen molar-refractivity contribution in [1.82, 2.24) is 0 Å². The number of aliphatic hydroxyl groups is 18. The van der Waals surface area contributed by atoms with E-state index in [1.807, 2.05) is 0 Å². The Hall–Kier alpha value is -1.57. The van der Waals surface area contributed by atoms with Gasteiger partial charge in [-0.3, -0.25) is 0 Å². The maximum absolute atomic E-state index is 11.2. The topological polar surface area (TPSA) is 523 Å². The van der Waals surface area contributed by atoms with Crippen LogP contribution in [0.5, 0.6) is 0 Å². The van der Waals surface area contributed by atoms with Gasteiger partial charge in [0, 0.05) is 0 Å². The molecule has 70 heavy (non-hydrogen) atoms. The van der Waals surface area contributed by atoms with Crippen LogP contribution in [0, 0.1) is 0 Å². The summed E-state index contributed by atoms with van der Waals surface area (Å²) in [5.41, 5.74) is 0. The standard InChI is InChI=1S/C36H60O30.C2H4O.H2O/c37-1-7-25-13(43)19(49)31(55-7)62-26-8(2-38)57-33(21(51)15(26)45)64-28-10(4-40)59-35(23(53)17(28)47)66-30-12(6-42)60-36(24(54)18(30)48)65-29-11(5-41)58-34(22(52)16(29)46)63-27-9(3-39)56-32(61-25)20(50)14(27)44;1-2-3;/h7-54H,1-6H2;2H,1H3;1H2. The molecule has 0 radical (unpaired) electrons. The van der Waals surface area contributed by atoms with Gasteiger partial charge in [-0.05, 0) is 6.92 Å². The lowest BCUT2D eigenvalue weighted by atomic mass is 9.94. The smallest absolute Gasteiger partial charge is 0.187 e. The van der Waals surface area contributed by atoms with Crippen molar-refractivity contribution in [3.8, 4) is 0 Å². The second-order valence-corrected chi connectivity index (χ2v) is 17.1. The predicted molar refractivity (Wildman–Crippen MR) is 211 cm³/mol. The second kappa shape index (κ2) is 25.8. The summed E-state index contributed by atoms with van der Waals surface area (Å²) in [5.74, 6) is 0. The molecule has 22 saturated heterocycles. The van der Waals surface area contributed by atoms with Gasteiger partial charge in [0.05, 0.1) is 39.6 Å². The van der Waals surface area contributed by atoms with Crippen LogP contribution in [0.15, 0.2) is 0 Å². The zero-order chi connectivity index (χ0) is 50.8. The van der Waals surface area contributed by atoms with Crippen LogP contribution in [0.25, 0.3) is 0 Å². The Kier molecular flexibility index (Phi) is 21.8. The highest BCUT2D eigenvalue weighted by molar-refractivity contribution is 5.44. The molecular formula is C38H66O32. The lowest BCUT2D eigenvalue weighted by molar-refractivity contribution is -0.404. The van der Waals surface area contributed by atoms with Gasteiger partial charge >= 0.3 is 0 Å². The van der Waals surface area contributed by atoms with Crippen LogP contribution < -0.4 is 0 Å². The van der Waals surface area contributed by atoms with E-state index in [2.05, 4.69) is 0 Å². The molecule has 0 aromatic carbocycles. The van der Waals surface area contributed by atoms with E-state index >= 15 is 0 Å². The van der Waals surface area contributed by atoms with Crippen molar-refractivity contribution in [3.05, 3.63) is 0 Å². The molecule has 30 unspecified atom stereocenters. The number of hydrogen-bond acceptors (Lipinski definition) is 31. The van der Waals surface area contributed by atoms with Crippen molar-refractivity contribution in [1.29, 1.82) is 0 Å². The van der Waals surface area contributed by atoms with E-state index in [1.54, 1.807) is 0 Å². The Morgan fingerprint density at radius 2 is 0.386 bits per heavy atom. The molecular weight excluding hydrogens is 968 g/mol. The fraction of sp³-hybridized carbons (Fsp3) is 0.974. The normalized spacial score (nSPS) is 52.4. The number of hydrogen-bond donors (Lipinski definition) is 18. The van der Waals surface area contributed by atoms with Crippen molar-refractivity contribution >= 4 is 6.29 Å².